The Morgan fingerprint density at radius 2 is 1.83 bits per heavy atom. The van der Waals surface area contributed by atoms with Crippen molar-refractivity contribution in [2.45, 2.75) is 20.3 Å². The summed E-state index contributed by atoms with van der Waals surface area (Å²) in [7, 11) is 1.56. The monoisotopic (exact) mass is 402 g/mol. The Bertz CT molecular complexity index is 1130. The smallest absolute Gasteiger partial charge is 0.271 e. The third-order valence-electron chi connectivity index (χ3n) is 5.20. The van der Waals surface area contributed by atoms with Gasteiger partial charge in [-0.15, -0.1) is 0 Å². The number of carbonyl (C=O) groups excluding carboxylic acids is 2. The van der Waals surface area contributed by atoms with Crippen molar-refractivity contribution in [2.24, 2.45) is 10.5 Å². The van der Waals surface area contributed by atoms with Crippen molar-refractivity contribution in [1.29, 1.82) is 0 Å². The second-order valence-corrected chi connectivity index (χ2v) is 7.77. The van der Waals surface area contributed by atoms with E-state index in [1.54, 1.807) is 42.3 Å². The van der Waals surface area contributed by atoms with Crippen LogP contribution in [-0.2, 0) is 6.42 Å². The van der Waals surface area contributed by atoms with E-state index in [4.69, 9.17) is 4.74 Å². The number of nitrogens with one attached hydrogen (secondary N) is 1. The number of hydrogen-bond donors (Lipinski definition) is 1. The van der Waals surface area contributed by atoms with Crippen LogP contribution in [0.5, 0.6) is 5.75 Å². The quantitative estimate of drug-likeness (QED) is 0.678. The van der Waals surface area contributed by atoms with E-state index in [0.717, 1.165) is 11.4 Å². The number of nitrogens with zero attached hydrogens (tertiary/aromatic N) is 3. The number of carbonyl (C=O) groups is 2. The Hall–Kier alpha value is -3.74. The standard InChI is InChI=1S/C23H22N4O3/c1-23(2)13-19-18(14-24-27(19)16-7-5-4-6-8-16)20(28)21(23)25-26-22(29)15-9-11-17(30-3)12-10-15/h4-12,14H,13H2,1-3H3,(H,26,29)/b25-21+. The van der Waals surface area contributed by atoms with Crippen LogP contribution in [0.4, 0.5) is 0 Å². The number of hydrogen-bond acceptors (Lipinski definition) is 5. The number of aromatic nitrogens is 2. The van der Waals surface area contributed by atoms with Gasteiger partial charge in [-0.25, -0.2) is 10.1 Å². The van der Waals surface area contributed by atoms with Gasteiger partial charge in [0.25, 0.3) is 5.91 Å². The van der Waals surface area contributed by atoms with E-state index in [-0.39, 0.29) is 11.7 Å². The zero-order valence-corrected chi connectivity index (χ0v) is 17.0. The largest absolute Gasteiger partial charge is 0.497 e. The van der Waals surface area contributed by atoms with Crippen LogP contribution in [0.1, 0.15) is 40.3 Å². The van der Waals surface area contributed by atoms with E-state index in [9.17, 15) is 9.59 Å². The molecule has 3 aromatic rings. The van der Waals surface area contributed by atoms with Gasteiger partial charge in [-0.2, -0.15) is 10.2 Å². The molecular formula is C23H22N4O3. The minimum absolute atomic E-state index is 0.224. The van der Waals surface area contributed by atoms with Crippen molar-refractivity contribution in [3.05, 3.63) is 77.6 Å². The highest BCUT2D eigenvalue weighted by atomic mass is 16.5. The maximum atomic E-state index is 13.2. The molecule has 0 saturated carbocycles. The first-order chi connectivity index (χ1) is 14.4. The zero-order chi connectivity index (χ0) is 21.3. The van der Waals surface area contributed by atoms with Gasteiger partial charge in [0.1, 0.15) is 11.5 Å². The molecule has 1 amide bonds. The molecule has 0 saturated heterocycles. The summed E-state index contributed by atoms with van der Waals surface area (Å²) >= 11 is 0. The maximum Gasteiger partial charge on any atom is 0.271 e. The summed E-state index contributed by atoms with van der Waals surface area (Å²) in [5.74, 6) is 0.0439. The lowest BCUT2D eigenvalue weighted by Gasteiger charge is -2.30. The van der Waals surface area contributed by atoms with Crippen LogP contribution in [0, 0.1) is 5.41 Å². The SMILES string of the molecule is COc1ccc(C(=O)N/N=C2\C(=O)c3cnn(-c4ccccc4)c3CC2(C)C)cc1. The molecule has 7 nitrogen and oxygen atoms in total. The third kappa shape index (κ3) is 3.50. The fourth-order valence-corrected chi connectivity index (χ4v) is 3.58. The Labute approximate surface area is 174 Å². The first-order valence-electron chi connectivity index (χ1n) is 9.60. The van der Waals surface area contributed by atoms with E-state index >= 15 is 0 Å². The molecule has 0 bridgehead atoms. The summed E-state index contributed by atoms with van der Waals surface area (Å²) < 4.78 is 6.89. The highest BCUT2D eigenvalue weighted by molar-refractivity contribution is 6.48. The molecule has 1 aromatic heterocycles. The van der Waals surface area contributed by atoms with Crippen molar-refractivity contribution >= 4 is 17.4 Å². The predicted octanol–water partition coefficient (Wildman–Crippen LogP) is 3.43. The lowest BCUT2D eigenvalue weighted by atomic mass is 9.74. The first-order valence-corrected chi connectivity index (χ1v) is 9.60. The average Bonchev–Trinajstić information content (AvgIpc) is 3.17. The van der Waals surface area contributed by atoms with Crippen molar-refractivity contribution in [2.75, 3.05) is 7.11 Å². The second kappa shape index (κ2) is 7.59. The number of fused-ring (bicyclic) bond motifs is 1. The van der Waals surface area contributed by atoms with Crippen LogP contribution in [0.2, 0.25) is 0 Å². The van der Waals surface area contributed by atoms with Gasteiger partial charge in [-0.05, 0) is 36.4 Å². The molecule has 1 aliphatic carbocycles. The average molecular weight is 402 g/mol. The molecule has 1 N–H and O–H groups in total. The minimum atomic E-state index is -0.566. The number of amides is 1. The number of Topliss-reactive ketones (excluding diaryl/α,β-unsaturated/α-hetero) is 1. The lowest BCUT2D eigenvalue weighted by Crippen LogP contribution is -2.40. The summed E-state index contributed by atoms with van der Waals surface area (Å²) in [4.78, 5) is 25.6. The Kier molecular flexibility index (Phi) is 4.95. The number of benzene rings is 2. The van der Waals surface area contributed by atoms with E-state index < -0.39 is 5.41 Å². The van der Waals surface area contributed by atoms with E-state index in [1.165, 1.54) is 0 Å². The number of methoxy groups -OCH3 is 1. The fraction of sp³-hybridized carbons (Fsp3) is 0.217. The van der Waals surface area contributed by atoms with Crippen molar-refractivity contribution in [1.82, 2.24) is 15.2 Å². The maximum absolute atomic E-state index is 13.2. The summed E-state index contributed by atoms with van der Waals surface area (Å²) in [6.45, 7) is 3.88. The molecule has 152 valence electrons. The minimum Gasteiger partial charge on any atom is -0.497 e. The van der Waals surface area contributed by atoms with Crippen LogP contribution in [0.25, 0.3) is 5.69 Å². The fourth-order valence-electron chi connectivity index (χ4n) is 3.58. The number of hydrazone groups is 1. The molecule has 1 heterocycles. The number of rotatable bonds is 4. The van der Waals surface area contributed by atoms with Crippen molar-refractivity contribution in [3.63, 3.8) is 0 Å². The predicted molar refractivity (Wildman–Crippen MR) is 113 cm³/mol. The number of para-hydroxylation sites is 1. The normalized spacial score (nSPS) is 16.2. The molecule has 0 spiro atoms. The zero-order valence-electron chi connectivity index (χ0n) is 17.0. The molecule has 0 atom stereocenters. The third-order valence-corrected chi connectivity index (χ3v) is 5.20. The molecule has 4 rings (SSSR count). The first kappa shape index (κ1) is 19.6. The summed E-state index contributed by atoms with van der Waals surface area (Å²) in [5, 5.41) is 8.64. The molecule has 0 radical (unpaired) electrons. The molecule has 2 aromatic carbocycles. The van der Waals surface area contributed by atoms with Crippen LogP contribution < -0.4 is 10.2 Å². The van der Waals surface area contributed by atoms with Gasteiger partial charge in [-0.3, -0.25) is 9.59 Å². The second-order valence-electron chi connectivity index (χ2n) is 7.77. The van der Waals surface area contributed by atoms with E-state index in [2.05, 4.69) is 15.6 Å². The van der Waals surface area contributed by atoms with Crippen LogP contribution in [0.3, 0.4) is 0 Å². The van der Waals surface area contributed by atoms with E-state index in [0.29, 0.717) is 29.0 Å². The summed E-state index contributed by atoms with van der Waals surface area (Å²) in [5.41, 5.74) is 4.95. The van der Waals surface area contributed by atoms with Crippen LogP contribution in [0.15, 0.2) is 65.9 Å². The van der Waals surface area contributed by atoms with Gasteiger partial charge in [0.2, 0.25) is 5.78 Å². The molecule has 0 fully saturated rings. The summed E-state index contributed by atoms with van der Waals surface area (Å²) in [6, 6.07) is 16.4. The van der Waals surface area contributed by atoms with Gasteiger partial charge in [0.05, 0.1) is 30.3 Å². The molecular weight excluding hydrogens is 380 g/mol. The van der Waals surface area contributed by atoms with Gasteiger partial charge >= 0.3 is 0 Å². The molecule has 0 aliphatic heterocycles. The Balaban J connectivity index is 1.61. The van der Waals surface area contributed by atoms with Gasteiger partial charge < -0.3 is 4.74 Å². The molecule has 30 heavy (non-hydrogen) atoms. The highest BCUT2D eigenvalue weighted by Gasteiger charge is 2.40. The summed E-state index contributed by atoms with van der Waals surface area (Å²) in [6.07, 6.45) is 2.14. The van der Waals surface area contributed by atoms with Gasteiger partial charge in [0, 0.05) is 17.4 Å². The van der Waals surface area contributed by atoms with Gasteiger partial charge in [-0.1, -0.05) is 32.0 Å². The van der Waals surface area contributed by atoms with E-state index in [1.807, 2.05) is 44.2 Å². The van der Waals surface area contributed by atoms with Crippen molar-refractivity contribution < 1.29 is 14.3 Å². The molecule has 1 aliphatic rings. The molecule has 7 heteroatoms. The lowest BCUT2D eigenvalue weighted by molar-refractivity contribution is 0.0954. The molecule has 0 unspecified atom stereocenters. The topological polar surface area (TPSA) is 85.6 Å². The highest BCUT2D eigenvalue weighted by Crippen LogP contribution is 2.34. The van der Waals surface area contributed by atoms with Gasteiger partial charge in [0.15, 0.2) is 0 Å². The Morgan fingerprint density at radius 1 is 1.13 bits per heavy atom. The number of ether oxygens (including phenoxy) is 1. The van der Waals surface area contributed by atoms with Crippen molar-refractivity contribution in [3.8, 4) is 11.4 Å². The Morgan fingerprint density at radius 3 is 2.50 bits per heavy atom. The van der Waals surface area contributed by atoms with Crippen LogP contribution in [-0.4, -0.2) is 34.3 Å². The van der Waals surface area contributed by atoms with Crippen LogP contribution >= 0.6 is 0 Å². The number of ketones is 1.